The van der Waals surface area contributed by atoms with Crippen molar-refractivity contribution < 1.29 is 4.79 Å². The maximum atomic E-state index is 11.3. The topological polar surface area (TPSA) is 17.1 Å². The third kappa shape index (κ3) is 5.84. The van der Waals surface area contributed by atoms with E-state index in [0.29, 0.717) is 5.78 Å². The van der Waals surface area contributed by atoms with E-state index in [1.165, 1.54) is 38.5 Å². The van der Waals surface area contributed by atoms with Crippen LogP contribution in [0.3, 0.4) is 0 Å². The lowest BCUT2D eigenvalue weighted by atomic mass is 10.1. The molecule has 76 valence electrons. The van der Waals surface area contributed by atoms with Crippen molar-refractivity contribution in [3.05, 3.63) is 0 Å². The first-order chi connectivity index (χ1) is 6.33. The van der Waals surface area contributed by atoms with Crippen LogP contribution in [0.15, 0.2) is 0 Å². The first-order valence-corrected chi connectivity index (χ1v) is 5.84. The molecule has 0 aliphatic heterocycles. The molecule has 0 N–H and O–H groups in total. The number of ketones is 1. The van der Waals surface area contributed by atoms with Gasteiger partial charge in [-0.25, -0.2) is 0 Å². The van der Waals surface area contributed by atoms with Gasteiger partial charge in [0.25, 0.3) is 0 Å². The van der Waals surface area contributed by atoms with E-state index in [-0.39, 0.29) is 0 Å². The smallest absolute Gasteiger partial charge is 0.133 e. The Morgan fingerprint density at radius 2 is 1.85 bits per heavy atom. The maximum Gasteiger partial charge on any atom is 0.133 e. The number of rotatable bonds is 8. The van der Waals surface area contributed by atoms with Gasteiger partial charge in [-0.3, -0.25) is 4.79 Å². The van der Waals surface area contributed by atoms with Gasteiger partial charge in [-0.05, 0) is 25.2 Å². The zero-order valence-corrected chi connectivity index (χ0v) is 8.85. The number of carbonyl (C=O) groups is 1. The van der Waals surface area contributed by atoms with Crippen LogP contribution in [-0.4, -0.2) is 5.78 Å². The third-order valence-corrected chi connectivity index (χ3v) is 2.77. The van der Waals surface area contributed by atoms with Crippen molar-refractivity contribution in [2.45, 2.75) is 64.7 Å². The van der Waals surface area contributed by atoms with E-state index in [1.807, 2.05) is 0 Å². The Morgan fingerprint density at radius 1 is 1.15 bits per heavy atom. The third-order valence-electron chi connectivity index (χ3n) is 2.77. The normalized spacial score (nSPS) is 16.1. The van der Waals surface area contributed by atoms with Crippen LogP contribution in [0.2, 0.25) is 0 Å². The van der Waals surface area contributed by atoms with Gasteiger partial charge in [0, 0.05) is 12.8 Å². The summed E-state index contributed by atoms with van der Waals surface area (Å²) in [6, 6.07) is 0. The molecule has 0 atom stereocenters. The Morgan fingerprint density at radius 3 is 2.46 bits per heavy atom. The summed E-state index contributed by atoms with van der Waals surface area (Å²) in [5.41, 5.74) is 0. The molecular weight excluding hydrogens is 160 g/mol. The van der Waals surface area contributed by atoms with Crippen molar-refractivity contribution in [2.75, 3.05) is 0 Å². The number of carbonyl (C=O) groups excluding carboxylic acids is 1. The van der Waals surface area contributed by atoms with E-state index in [1.54, 1.807) is 0 Å². The van der Waals surface area contributed by atoms with E-state index in [2.05, 4.69) is 6.92 Å². The van der Waals surface area contributed by atoms with Crippen LogP contribution in [0.25, 0.3) is 0 Å². The standard InChI is InChI=1S/C12H22O/c1-2-3-4-5-6-7-12(13)10-11-8-9-11/h11H,2-10H2,1H3. The van der Waals surface area contributed by atoms with Gasteiger partial charge < -0.3 is 0 Å². The second-order valence-corrected chi connectivity index (χ2v) is 4.35. The van der Waals surface area contributed by atoms with Gasteiger partial charge in [-0.1, -0.05) is 32.6 Å². The summed E-state index contributed by atoms with van der Waals surface area (Å²) in [6.07, 6.45) is 10.7. The molecule has 13 heavy (non-hydrogen) atoms. The van der Waals surface area contributed by atoms with Crippen LogP contribution in [0, 0.1) is 5.92 Å². The van der Waals surface area contributed by atoms with Crippen molar-refractivity contribution in [3.8, 4) is 0 Å². The first-order valence-electron chi connectivity index (χ1n) is 5.84. The molecule has 0 radical (unpaired) electrons. The minimum Gasteiger partial charge on any atom is -0.300 e. The van der Waals surface area contributed by atoms with Crippen molar-refractivity contribution in [1.29, 1.82) is 0 Å². The summed E-state index contributed by atoms with van der Waals surface area (Å²) in [7, 11) is 0. The zero-order valence-electron chi connectivity index (χ0n) is 8.85. The van der Waals surface area contributed by atoms with Crippen LogP contribution in [0.5, 0.6) is 0 Å². The van der Waals surface area contributed by atoms with Gasteiger partial charge in [-0.15, -0.1) is 0 Å². The maximum absolute atomic E-state index is 11.3. The summed E-state index contributed by atoms with van der Waals surface area (Å²) < 4.78 is 0. The number of hydrogen-bond acceptors (Lipinski definition) is 1. The van der Waals surface area contributed by atoms with Gasteiger partial charge >= 0.3 is 0 Å². The van der Waals surface area contributed by atoms with E-state index in [4.69, 9.17) is 0 Å². The number of Topliss-reactive ketones (excluding diaryl/α,β-unsaturated/α-hetero) is 1. The Hall–Kier alpha value is -0.330. The zero-order chi connectivity index (χ0) is 9.52. The summed E-state index contributed by atoms with van der Waals surface area (Å²) in [4.78, 5) is 11.3. The van der Waals surface area contributed by atoms with Gasteiger partial charge in [0.05, 0.1) is 0 Å². The summed E-state index contributed by atoms with van der Waals surface area (Å²) in [6.45, 7) is 2.22. The molecule has 1 fully saturated rings. The van der Waals surface area contributed by atoms with Gasteiger partial charge in [0.2, 0.25) is 0 Å². The molecule has 0 aromatic heterocycles. The molecule has 1 nitrogen and oxygen atoms in total. The van der Waals surface area contributed by atoms with Gasteiger partial charge in [-0.2, -0.15) is 0 Å². The van der Waals surface area contributed by atoms with E-state index < -0.39 is 0 Å². The molecule has 0 saturated heterocycles. The van der Waals surface area contributed by atoms with Crippen LogP contribution < -0.4 is 0 Å². The second kappa shape index (κ2) is 6.17. The minimum absolute atomic E-state index is 0.513. The van der Waals surface area contributed by atoms with Crippen LogP contribution in [0.4, 0.5) is 0 Å². The molecule has 0 unspecified atom stereocenters. The van der Waals surface area contributed by atoms with Crippen molar-refractivity contribution in [3.63, 3.8) is 0 Å². The average Bonchev–Trinajstić information content (AvgIpc) is 2.88. The summed E-state index contributed by atoms with van der Waals surface area (Å²) in [5.74, 6) is 1.29. The van der Waals surface area contributed by atoms with E-state index >= 15 is 0 Å². The molecule has 0 bridgehead atoms. The van der Waals surface area contributed by atoms with Crippen LogP contribution in [0.1, 0.15) is 64.7 Å². The fourth-order valence-corrected chi connectivity index (χ4v) is 1.67. The second-order valence-electron chi connectivity index (χ2n) is 4.35. The predicted molar refractivity (Wildman–Crippen MR) is 55.7 cm³/mol. The minimum atomic E-state index is 0.513. The lowest BCUT2D eigenvalue weighted by Gasteiger charge is -1.99. The van der Waals surface area contributed by atoms with Crippen LogP contribution in [-0.2, 0) is 4.79 Å². The highest BCUT2D eigenvalue weighted by atomic mass is 16.1. The molecule has 0 heterocycles. The molecule has 0 amide bonds. The first kappa shape index (κ1) is 10.7. The fraction of sp³-hybridized carbons (Fsp3) is 0.917. The molecular formula is C12H22O. The highest BCUT2D eigenvalue weighted by Crippen LogP contribution is 2.33. The summed E-state index contributed by atoms with van der Waals surface area (Å²) >= 11 is 0. The summed E-state index contributed by atoms with van der Waals surface area (Å²) in [5, 5.41) is 0. The molecule has 0 spiro atoms. The lowest BCUT2D eigenvalue weighted by Crippen LogP contribution is -1.98. The van der Waals surface area contributed by atoms with Crippen LogP contribution >= 0.6 is 0 Å². The Balaban J connectivity index is 1.83. The fourth-order valence-electron chi connectivity index (χ4n) is 1.67. The van der Waals surface area contributed by atoms with Crippen molar-refractivity contribution in [1.82, 2.24) is 0 Å². The average molecular weight is 182 g/mol. The van der Waals surface area contributed by atoms with Crippen molar-refractivity contribution in [2.24, 2.45) is 5.92 Å². The Bertz CT molecular complexity index is 147. The molecule has 1 heteroatoms. The van der Waals surface area contributed by atoms with E-state index in [0.717, 1.165) is 25.2 Å². The molecule has 0 aromatic carbocycles. The quantitative estimate of drug-likeness (QED) is 0.523. The van der Waals surface area contributed by atoms with E-state index in [9.17, 15) is 4.79 Å². The molecule has 0 aromatic rings. The molecule has 1 aliphatic carbocycles. The molecule has 1 saturated carbocycles. The largest absolute Gasteiger partial charge is 0.300 e. The SMILES string of the molecule is CCCCCCCC(=O)CC1CC1. The van der Waals surface area contributed by atoms with Gasteiger partial charge in [0.1, 0.15) is 5.78 Å². The lowest BCUT2D eigenvalue weighted by molar-refractivity contribution is -0.119. The highest BCUT2D eigenvalue weighted by Gasteiger charge is 2.23. The molecule has 1 aliphatic rings. The van der Waals surface area contributed by atoms with Crippen molar-refractivity contribution >= 4 is 5.78 Å². The predicted octanol–water partition coefficient (Wildman–Crippen LogP) is 3.72. The molecule has 1 rings (SSSR count). The monoisotopic (exact) mass is 182 g/mol. The Labute approximate surface area is 81.9 Å². The highest BCUT2D eigenvalue weighted by molar-refractivity contribution is 5.78. The number of hydrogen-bond donors (Lipinski definition) is 0. The number of unbranched alkanes of at least 4 members (excludes halogenated alkanes) is 4. The Kier molecular flexibility index (Phi) is 5.10. The van der Waals surface area contributed by atoms with Gasteiger partial charge in [0.15, 0.2) is 0 Å².